The van der Waals surface area contributed by atoms with Gasteiger partial charge in [-0.1, -0.05) is 51.1 Å². The number of benzene rings is 1. The molecule has 106 valence electrons. The van der Waals surface area contributed by atoms with Crippen LogP contribution in [0.15, 0.2) is 36.4 Å². The highest BCUT2D eigenvalue weighted by Gasteiger charge is 2.16. The number of aromatic nitrogens is 1. The fourth-order valence-electron chi connectivity index (χ4n) is 2.40. The van der Waals surface area contributed by atoms with Crippen molar-refractivity contribution in [3.05, 3.63) is 64.5 Å². The SMILES string of the molecule is Cc1ccc(C(N)c2ccc(C(C)(C)C)cc2)c(C)n1. The smallest absolute Gasteiger partial charge is 0.0569 e. The number of hydrogen-bond acceptors (Lipinski definition) is 2. The predicted molar refractivity (Wildman–Crippen MR) is 84.9 cm³/mol. The Morgan fingerprint density at radius 3 is 2.05 bits per heavy atom. The van der Waals surface area contributed by atoms with Crippen molar-refractivity contribution in [1.29, 1.82) is 0 Å². The van der Waals surface area contributed by atoms with Crippen molar-refractivity contribution >= 4 is 0 Å². The van der Waals surface area contributed by atoms with Crippen LogP contribution in [0.4, 0.5) is 0 Å². The third-order valence-electron chi connectivity index (χ3n) is 3.74. The van der Waals surface area contributed by atoms with Gasteiger partial charge in [-0.05, 0) is 42.0 Å². The Labute approximate surface area is 122 Å². The largest absolute Gasteiger partial charge is 0.320 e. The van der Waals surface area contributed by atoms with E-state index in [4.69, 9.17) is 5.73 Å². The fourth-order valence-corrected chi connectivity index (χ4v) is 2.40. The van der Waals surface area contributed by atoms with Crippen molar-refractivity contribution in [3.63, 3.8) is 0 Å². The average molecular weight is 268 g/mol. The molecule has 0 spiro atoms. The standard InChI is InChI=1S/C18H24N2/c1-12-6-11-16(13(2)20-12)17(19)14-7-9-15(10-8-14)18(3,4)5/h6-11,17H,19H2,1-5H3. The second-order valence-corrected chi connectivity index (χ2v) is 6.48. The zero-order valence-corrected chi connectivity index (χ0v) is 13.1. The van der Waals surface area contributed by atoms with E-state index in [1.165, 1.54) is 5.56 Å². The number of pyridine rings is 1. The zero-order chi connectivity index (χ0) is 14.9. The van der Waals surface area contributed by atoms with Gasteiger partial charge in [0.15, 0.2) is 0 Å². The molecule has 2 heteroatoms. The van der Waals surface area contributed by atoms with E-state index >= 15 is 0 Å². The summed E-state index contributed by atoms with van der Waals surface area (Å²) in [5, 5.41) is 0. The van der Waals surface area contributed by atoms with E-state index < -0.39 is 0 Å². The monoisotopic (exact) mass is 268 g/mol. The van der Waals surface area contributed by atoms with Crippen molar-refractivity contribution < 1.29 is 0 Å². The minimum Gasteiger partial charge on any atom is -0.320 e. The van der Waals surface area contributed by atoms with Crippen LogP contribution in [0.25, 0.3) is 0 Å². The van der Waals surface area contributed by atoms with Gasteiger partial charge in [0.1, 0.15) is 0 Å². The van der Waals surface area contributed by atoms with Crippen LogP contribution in [0.3, 0.4) is 0 Å². The maximum atomic E-state index is 6.39. The average Bonchev–Trinajstić information content (AvgIpc) is 2.37. The first-order valence-electron chi connectivity index (χ1n) is 7.09. The van der Waals surface area contributed by atoms with E-state index in [1.807, 2.05) is 19.9 Å². The lowest BCUT2D eigenvalue weighted by Crippen LogP contribution is -2.15. The van der Waals surface area contributed by atoms with Gasteiger partial charge < -0.3 is 5.73 Å². The fraction of sp³-hybridized carbons (Fsp3) is 0.389. The van der Waals surface area contributed by atoms with Gasteiger partial charge in [0, 0.05) is 11.4 Å². The van der Waals surface area contributed by atoms with Gasteiger partial charge in [0.25, 0.3) is 0 Å². The van der Waals surface area contributed by atoms with E-state index in [9.17, 15) is 0 Å². The molecule has 1 heterocycles. The van der Waals surface area contributed by atoms with Crippen LogP contribution in [0, 0.1) is 13.8 Å². The second-order valence-electron chi connectivity index (χ2n) is 6.48. The molecule has 1 unspecified atom stereocenters. The van der Waals surface area contributed by atoms with Crippen LogP contribution in [0.1, 0.15) is 54.9 Å². The van der Waals surface area contributed by atoms with Gasteiger partial charge in [-0.15, -0.1) is 0 Å². The Bertz CT molecular complexity index is 592. The Kier molecular flexibility index (Phi) is 3.96. The molecule has 0 aliphatic heterocycles. The lowest BCUT2D eigenvalue weighted by molar-refractivity contribution is 0.589. The number of nitrogens with zero attached hydrogens (tertiary/aromatic N) is 1. The summed E-state index contributed by atoms with van der Waals surface area (Å²) in [6, 6.07) is 12.6. The highest BCUT2D eigenvalue weighted by Crippen LogP contribution is 2.26. The molecule has 1 aromatic carbocycles. The van der Waals surface area contributed by atoms with E-state index in [-0.39, 0.29) is 11.5 Å². The summed E-state index contributed by atoms with van der Waals surface area (Å²) in [6.07, 6.45) is 0. The summed E-state index contributed by atoms with van der Waals surface area (Å²) in [6.45, 7) is 10.7. The van der Waals surface area contributed by atoms with Crippen molar-refractivity contribution in [2.75, 3.05) is 0 Å². The summed E-state index contributed by atoms with van der Waals surface area (Å²) in [4.78, 5) is 4.50. The minimum absolute atomic E-state index is 0.114. The number of nitrogens with two attached hydrogens (primary N) is 1. The summed E-state index contributed by atoms with van der Waals surface area (Å²) >= 11 is 0. The summed E-state index contributed by atoms with van der Waals surface area (Å²) < 4.78 is 0. The molecule has 0 bridgehead atoms. The van der Waals surface area contributed by atoms with Crippen LogP contribution >= 0.6 is 0 Å². The van der Waals surface area contributed by atoms with Gasteiger partial charge in [-0.25, -0.2) is 0 Å². The summed E-state index contributed by atoms with van der Waals surface area (Å²) in [5.74, 6) is 0. The minimum atomic E-state index is -0.114. The van der Waals surface area contributed by atoms with Crippen LogP contribution in [0.5, 0.6) is 0 Å². The molecule has 1 aromatic heterocycles. The molecule has 0 aliphatic carbocycles. The first-order chi connectivity index (χ1) is 9.29. The lowest BCUT2D eigenvalue weighted by atomic mass is 9.86. The number of aryl methyl sites for hydroxylation is 2. The third-order valence-corrected chi connectivity index (χ3v) is 3.74. The maximum absolute atomic E-state index is 6.39. The first-order valence-corrected chi connectivity index (χ1v) is 7.09. The topological polar surface area (TPSA) is 38.9 Å². The van der Waals surface area contributed by atoms with Gasteiger partial charge in [0.05, 0.1) is 6.04 Å². The van der Waals surface area contributed by atoms with Crippen LogP contribution < -0.4 is 5.73 Å². The third kappa shape index (κ3) is 3.07. The molecule has 0 saturated carbocycles. The van der Waals surface area contributed by atoms with Crippen LogP contribution in [-0.2, 0) is 5.41 Å². The molecule has 2 aromatic rings. The Balaban J connectivity index is 2.31. The quantitative estimate of drug-likeness (QED) is 0.892. The maximum Gasteiger partial charge on any atom is 0.0569 e. The highest BCUT2D eigenvalue weighted by atomic mass is 14.7. The van der Waals surface area contributed by atoms with Gasteiger partial charge in [-0.3, -0.25) is 4.98 Å². The molecule has 20 heavy (non-hydrogen) atoms. The Morgan fingerprint density at radius 1 is 0.950 bits per heavy atom. The molecule has 0 saturated heterocycles. The van der Waals surface area contributed by atoms with E-state index in [0.29, 0.717) is 0 Å². The predicted octanol–water partition coefficient (Wildman–Crippen LogP) is 4.04. The van der Waals surface area contributed by atoms with Crippen molar-refractivity contribution in [2.45, 2.75) is 46.1 Å². The van der Waals surface area contributed by atoms with Gasteiger partial charge in [-0.2, -0.15) is 0 Å². The highest BCUT2D eigenvalue weighted by molar-refractivity contribution is 5.36. The molecule has 0 aliphatic rings. The lowest BCUT2D eigenvalue weighted by Gasteiger charge is -2.21. The normalized spacial score (nSPS) is 13.3. The molecule has 2 N–H and O–H groups in total. The van der Waals surface area contributed by atoms with Crippen LogP contribution in [-0.4, -0.2) is 4.98 Å². The molecule has 0 amide bonds. The van der Waals surface area contributed by atoms with Crippen molar-refractivity contribution in [1.82, 2.24) is 4.98 Å². The Morgan fingerprint density at radius 2 is 1.55 bits per heavy atom. The molecule has 1 atom stereocenters. The van der Waals surface area contributed by atoms with Crippen molar-refractivity contribution in [3.8, 4) is 0 Å². The molecular weight excluding hydrogens is 244 g/mol. The summed E-state index contributed by atoms with van der Waals surface area (Å²) in [7, 11) is 0. The van der Waals surface area contributed by atoms with E-state index in [0.717, 1.165) is 22.5 Å². The van der Waals surface area contributed by atoms with E-state index in [2.05, 4.69) is 56.1 Å². The molecule has 2 rings (SSSR count). The molecular formula is C18H24N2. The van der Waals surface area contributed by atoms with Crippen molar-refractivity contribution in [2.24, 2.45) is 5.73 Å². The van der Waals surface area contributed by atoms with Crippen LogP contribution in [0.2, 0.25) is 0 Å². The zero-order valence-electron chi connectivity index (χ0n) is 13.1. The number of hydrogen-bond donors (Lipinski definition) is 1. The molecule has 0 fully saturated rings. The molecule has 0 radical (unpaired) electrons. The first kappa shape index (κ1) is 14.7. The summed E-state index contributed by atoms with van der Waals surface area (Å²) in [5.41, 5.74) is 12.2. The number of rotatable bonds is 2. The van der Waals surface area contributed by atoms with Gasteiger partial charge in [0.2, 0.25) is 0 Å². The molecule has 2 nitrogen and oxygen atoms in total. The van der Waals surface area contributed by atoms with Gasteiger partial charge >= 0.3 is 0 Å². The van der Waals surface area contributed by atoms with E-state index in [1.54, 1.807) is 0 Å². The Hall–Kier alpha value is -1.67. The second kappa shape index (κ2) is 5.37.